The maximum atomic E-state index is 11.2. The highest BCUT2D eigenvalue weighted by Gasteiger charge is 2.16. The second-order valence-electron chi connectivity index (χ2n) is 5.45. The molecule has 5 heteroatoms. The third-order valence-corrected chi connectivity index (χ3v) is 4.40. The number of benzene rings is 3. The Bertz CT molecular complexity index is 915. The van der Waals surface area contributed by atoms with Crippen LogP contribution in [0.5, 0.6) is 11.5 Å². The van der Waals surface area contributed by atoms with Gasteiger partial charge in [0.15, 0.2) is 11.5 Å². The Morgan fingerprint density at radius 1 is 1.08 bits per heavy atom. The lowest BCUT2D eigenvalue weighted by Gasteiger charge is -2.15. The van der Waals surface area contributed by atoms with Gasteiger partial charge < -0.3 is 14.6 Å². The third-order valence-electron chi connectivity index (χ3n) is 3.81. The highest BCUT2D eigenvalue weighted by atomic mass is 79.9. The fourth-order valence-electron chi connectivity index (χ4n) is 2.66. The van der Waals surface area contributed by atoms with Crippen molar-refractivity contribution >= 4 is 32.7 Å². The lowest BCUT2D eigenvalue weighted by Crippen LogP contribution is -2.04. The maximum Gasteiger partial charge on any atom is 0.335 e. The van der Waals surface area contributed by atoms with Crippen molar-refractivity contribution in [3.05, 3.63) is 70.2 Å². The molecule has 0 heterocycles. The zero-order valence-corrected chi connectivity index (χ0v) is 15.2. The molecule has 0 bridgehead atoms. The van der Waals surface area contributed by atoms with E-state index in [1.807, 2.05) is 31.2 Å². The van der Waals surface area contributed by atoms with Crippen LogP contribution in [0.25, 0.3) is 10.8 Å². The van der Waals surface area contributed by atoms with Gasteiger partial charge in [0, 0.05) is 0 Å². The normalized spacial score (nSPS) is 10.6. The van der Waals surface area contributed by atoms with E-state index in [-0.39, 0.29) is 5.56 Å². The van der Waals surface area contributed by atoms with Crippen LogP contribution in [0.2, 0.25) is 0 Å². The Morgan fingerprint density at radius 2 is 1.84 bits per heavy atom. The average Bonchev–Trinajstić information content (AvgIpc) is 2.61. The van der Waals surface area contributed by atoms with Crippen LogP contribution >= 0.6 is 15.9 Å². The largest absolute Gasteiger partial charge is 0.490 e. The topological polar surface area (TPSA) is 55.8 Å². The van der Waals surface area contributed by atoms with Gasteiger partial charge in [-0.25, -0.2) is 4.79 Å². The monoisotopic (exact) mass is 400 g/mol. The van der Waals surface area contributed by atoms with Crippen molar-refractivity contribution in [2.75, 3.05) is 6.61 Å². The molecule has 0 saturated carbocycles. The Morgan fingerprint density at radius 3 is 2.60 bits per heavy atom. The smallest absolute Gasteiger partial charge is 0.335 e. The fraction of sp³-hybridized carbons (Fsp3) is 0.150. The van der Waals surface area contributed by atoms with Gasteiger partial charge in [0.2, 0.25) is 0 Å². The molecule has 3 rings (SSSR count). The first kappa shape index (κ1) is 17.3. The van der Waals surface area contributed by atoms with E-state index >= 15 is 0 Å². The van der Waals surface area contributed by atoms with Crippen LogP contribution in [0.1, 0.15) is 22.8 Å². The van der Waals surface area contributed by atoms with E-state index in [2.05, 4.69) is 34.1 Å². The summed E-state index contributed by atoms with van der Waals surface area (Å²) in [7, 11) is 0. The van der Waals surface area contributed by atoms with Gasteiger partial charge in [-0.15, -0.1) is 0 Å². The minimum atomic E-state index is -1.01. The zero-order valence-electron chi connectivity index (χ0n) is 13.7. The molecule has 3 aromatic carbocycles. The van der Waals surface area contributed by atoms with Gasteiger partial charge in [0.1, 0.15) is 6.61 Å². The summed E-state index contributed by atoms with van der Waals surface area (Å²) in [6.45, 7) is 2.61. The highest BCUT2D eigenvalue weighted by Crippen LogP contribution is 2.37. The summed E-state index contributed by atoms with van der Waals surface area (Å²) >= 11 is 3.39. The van der Waals surface area contributed by atoms with Crippen molar-refractivity contribution in [1.29, 1.82) is 0 Å². The number of carbonyl (C=O) groups is 1. The zero-order chi connectivity index (χ0) is 17.8. The predicted octanol–water partition coefficient (Wildman–Crippen LogP) is 5.28. The number of hydrogen-bond acceptors (Lipinski definition) is 3. The van der Waals surface area contributed by atoms with E-state index in [9.17, 15) is 9.90 Å². The Balaban J connectivity index is 1.93. The summed E-state index contributed by atoms with van der Waals surface area (Å²) in [6.07, 6.45) is 0. The first-order valence-corrected chi connectivity index (χ1v) is 8.68. The minimum absolute atomic E-state index is 0.146. The second-order valence-corrected chi connectivity index (χ2v) is 6.30. The van der Waals surface area contributed by atoms with Gasteiger partial charge in [-0.1, -0.05) is 42.5 Å². The Labute approximate surface area is 154 Å². The number of rotatable bonds is 6. The van der Waals surface area contributed by atoms with Gasteiger partial charge >= 0.3 is 5.97 Å². The first-order valence-electron chi connectivity index (χ1n) is 7.89. The van der Waals surface area contributed by atoms with Crippen LogP contribution in [-0.2, 0) is 6.61 Å². The molecule has 128 valence electrons. The molecule has 3 aromatic rings. The quantitative estimate of drug-likeness (QED) is 0.611. The van der Waals surface area contributed by atoms with E-state index in [0.29, 0.717) is 29.2 Å². The van der Waals surface area contributed by atoms with E-state index in [0.717, 1.165) is 16.3 Å². The predicted molar refractivity (Wildman–Crippen MR) is 101 cm³/mol. The molecule has 0 spiro atoms. The molecule has 0 aliphatic carbocycles. The molecular formula is C20H17BrO4. The molecule has 25 heavy (non-hydrogen) atoms. The van der Waals surface area contributed by atoms with Crippen LogP contribution in [0.3, 0.4) is 0 Å². The first-order chi connectivity index (χ1) is 12.1. The third kappa shape index (κ3) is 3.77. The van der Waals surface area contributed by atoms with Crippen molar-refractivity contribution in [3.63, 3.8) is 0 Å². The summed E-state index contributed by atoms with van der Waals surface area (Å²) in [4.78, 5) is 11.2. The van der Waals surface area contributed by atoms with Gasteiger partial charge in [-0.3, -0.25) is 0 Å². The van der Waals surface area contributed by atoms with E-state index in [4.69, 9.17) is 9.47 Å². The molecule has 0 aromatic heterocycles. The Kier molecular flexibility index (Phi) is 5.24. The summed E-state index contributed by atoms with van der Waals surface area (Å²) in [5, 5.41) is 11.5. The number of carboxylic acid groups (broad SMARTS) is 1. The number of aromatic carboxylic acids is 1. The van der Waals surface area contributed by atoms with Gasteiger partial charge in [0.25, 0.3) is 0 Å². The van der Waals surface area contributed by atoms with Crippen LogP contribution in [0, 0.1) is 0 Å². The molecular weight excluding hydrogens is 384 g/mol. The summed E-state index contributed by atoms with van der Waals surface area (Å²) in [5.74, 6) is -0.100. The second kappa shape index (κ2) is 7.57. The fourth-order valence-corrected chi connectivity index (χ4v) is 3.22. The number of ether oxygens (including phenoxy) is 2. The van der Waals surface area contributed by atoms with Crippen molar-refractivity contribution in [3.8, 4) is 11.5 Å². The average molecular weight is 401 g/mol. The van der Waals surface area contributed by atoms with Gasteiger partial charge in [-0.05, 0) is 51.3 Å². The van der Waals surface area contributed by atoms with Crippen molar-refractivity contribution in [2.45, 2.75) is 13.5 Å². The van der Waals surface area contributed by atoms with Gasteiger partial charge in [0.05, 0.1) is 16.6 Å². The van der Waals surface area contributed by atoms with E-state index in [1.165, 1.54) is 12.1 Å². The summed E-state index contributed by atoms with van der Waals surface area (Å²) in [5.41, 5.74) is 1.20. The summed E-state index contributed by atoms with van der Waals surface area (Å²) < 4.78 is 12.1. The van der Waals surface area contributed by atoms with Crippen LogP contribution in [-0.4, -0.2) is 17.7 Å². The standard InChI is InChI=1S/C20H17BrO4/c1-2-24-18-11-15(20(22)23)10-17(21)19(18)25-12-14-8-5-7-13-6-3-4-9-16(13)14/h3-11H,2,12H2,1H3,(H,22,23). The molecule has 0 amide bonds. The van der Waals surface area contributed by atoms with E-state index in [1.54, 1.807) is 0 Å². The number of hydrogen-bond donors (Lipinski definition) is 1. The number of halogens is 1. The lowest BCUT2D eigenvalue weighted by molar-refractivity contribution is 0.0696. The molecule has 1 N–H and O–H groups in total. The molecule has 0 aliphatic rings. The van der Waals surface area contributed by atoms with Crippen LogP contribution in [0.4, 0.5) is 0 Å². The maximum absolute atomic E-state index is 11.2. The minimum Gasteiger partial charge on any atom is -0.490 e. The molecule has 0 radical (unpaired) electrons. The van der Waals surface area contributed by atoms with Crippen molar-refractivity contribution < 1.29 is 19.4 Å². The van der Waals surface area contributed by atoms with Crippen molar-refractivity contribution in [1.82, 2.24) is 0 Å². The molecule has 0 unspecified atom stereocenters. The number of carboxylic acids is 1. The Hall–Kier alpha value is -2.53. The molecule has 0 aliphatic heterocycles. The molecule has 0 fully saturated rings. The van der Waals surface area contributed by atoms with Crippen molar-refractivity contribution in [2.24, 2.45) is 0 Å². The van der Waals surface area contributed by atoms with Crippen LogP contribution in [0.15, 0.2) is 59.1 Å². The number of fused-ring (bicyclic) bond motifs is 1. The lowest BCUT2D eigenvalue weighted by atomic mass is 10.1. The summed E-state index contributed by atoms with van der Waals surface area (Å²) in [6, 6.07) is 17.2. The van der Waals surface area contributed by atoms with Gasteiger partial charge in [-0.2, -0.15) is 0 Å². The van der Waals surface area contributed by atoms with Crippen LogP contribution < -0.4 is 9.47 Å². The highest BCUT2D eigenvalue weighted by molar-refractivity contribution is 9.10. The molecule has 0 atom stereocenters. The molecule has 0 saturated heterocycles. The van der Waals surface area contributed by atoms with E-state index < -0.39 is 5.97 Å². The molecule has 4 nitrogen and oxygen atoms in total. The SMILES string of the molecule is CCOc1cc(C(=O)O)cc(Br)c1OCc1cccc2ccccc12.